The smallest absolute Gasteiger partial charge is 0.356 e. The Kier molecular flexibility index (Phi) is 3.96. The van der Waals surface area contributed by atoms with E-state index >= 15 is 0 Å². The molecular formula is C21H17N3O3. The summed E-state index contributed by atoms with van der Waals surface area (Å²) < 4.78 is 2.04. The van der Waals surface area contributed by atoms with Crippen molar-refractivity contribution >= 4 is 33.7 Å². The van der Waals surface area contributed by atoms with Crippen LogP contribution in [0.5, 0.6) is 0 Å². The summed E-state index contributed by atoms with van der Waals surface area (Å²) >= 11 is 0. The lowest BCUT2D eigenvalue weighted by molar-refractivity contribution is 0.0686. The fraction of sp³-hybridized carbons (Fsp3) is 0.143. The summed E-state index contributed by atoms with van der Waals surface area (Å²) in [6.45, 7) is 4.58. The molecule has 0 saturated carbocycles. The molecule has 0 aliphatic carbocycles. The summed E-state index contributed by atoms with van der Waals surface area (Å²) in [5.74, 6) is -1.69. The quantitative estimate of drug-likeness (QED) is 0.560. The van der Waals surface area contributed by atoms with Crippen LogP contribution in [0.15, 0.2) is 48.5 Å². The standard InChI is InChI=1S/C21H17N3O3/c1-3-24-12(2)17(13-8-4-7-11-16(13)24)20(25)18-19(21(26)27)23-15-10-6-5-9-14(15)22-18/h4-11H,3H2,1-2H3,(H,26,27). The third-order valence-corrected chi connectivity index (χ3v) is 4.76. The molecule has 2 aromatic heterocycles. The molecule has 0 atom stereocenters. The van der Waals surface area contributed by atoms with Crippen molar-refractivity contribution in [3.8, 4) is 0 Å². The predicted octanol–water partition coefficient (Wildman–Crippen LogP) is 3.84. The molecule has 0 spiro atoms. The molecule has 0 radical (unpaired) electrons. The molecular weight excluding hydrogens is 342 g/mol. The molecule has 0 aliphatic rings. The monoisotopic (exact) mass is 359 g/mol. The number of aromatic nitrogens is 3. The maximum atomic E-state index is 13.4. The first-order valence-electron chi connectivity index (χ1n) is 8.65. The van der Waals surface area contributed by atoms with E-state index in [4.69, 9.17) is 0 Å². The van der Waals surface area contributed by atoms with Crippen molar-refractivity contribution < 1.29 is 14.7 Å². The highest BCUT2D eigenvalue weighted by Gasteiger charge is 2.27. The number of ketones is 1. The topological polar surface area (TPSA) is 85.1 Å². The Bertz CT molecular complexity index is 1220. The highest BCUT2D eigenvalue weighted by molar-refractivity contribution is 6.19. The number of hydrogen-bond acceptors (Lipinski definition) is 4. The number of benzene rings is 2. The fourth-order valence-electron chi connectivity index (χ4n) is 3.55. The highest BCUT2D eigenvalue weighted by atomic mass is 16.4. The number of rotatable bonds is 4. The average Bonchev–Trinajstić information content (AvgIpc) is 2.97. The Morgan fingerprint density at radius 2 is 1.56 bits per heavy atom. The number of carbonyl (C=O) groups excluding carboxylic acids is 1. The number of carboxylic acids is 1. The highest BCUT2D eigenvalue weighted by Crippen LogP contribution is 2.28. The summed E-state index contributed by atoms with van der Waals surface area (Å²) in [7, 11) is 0. The van der Waals surface area contributed by atoms with Gasteiger partial charge in [-0.15, -0.1) is 0 Å². The van der Waals surface area contributed by atoms with Gasteiger partial charge in [-0.1, -0.05) is 30.3 Å². The minimum atomic E-state index is -1.27. The summed E-state index contributed by atoms with van der Waals surface area (Å²) in [6, 6.07) is 14.5. The molecule has 0 aliphatic heterocycles. The minimum absolute atomic E-state index is 0.136. The number of nitrogens with zero attached hydrogens (tertiary/aromatic N) is 3. The van der Waals surface area contributed by atoms with Gasteiger partial charge < -0.3 is 9.67 Å². The Hall–Kier alpha value is -3.54. The van der Waals surface area contributed by atoms with Crippen molar-refractivity contribution in [2.24, 2.45) is 0 Å². The molecule has 2 aromatic carbocycles. The number of carbonyl (C=O) groups is 2. The van der Waals surface area contributed by atoms with Crippen molar-refractivity contribution in [3.63, 3.8) is 0 Å². The summed E-state index contributed by atoms with van der Waals surface area (Å²) in [5, 5.41) is 10.4. The Balaban J connectivity index is 2.02. The van der Waals surface area contributed by atoms with E-state index in [2.05, 4.69) is 9.97 Å². The second-order valence-electron chi connectivity index (χ2n) is 6.27. The van der Waals surface area contributed by atoms with Gasteiger partial charge in [0.15, 0.2) is 5.69 Å². The largest absolute Gasteiger partial charge is 0.476 e. The van der Waals surface area contributed by atoms with Gasteiger partial charge in [0.25, 0.3) is 0 Å². The number of hydrogen-bond donors (Lipinski definition) is 1. The van der Waals surface area contributed by atoms with Crippen LogP contribution >= 0.6 is 0 Å². The van der Waals surface area contributed by atoms with Gasteiger partial charge in [-0.25, -0.2) is 14.8 Å². The molecule has 0 amide bonds. The zero-order valence-corrected chi connectivity index (χ0v) is 14.9. The van der Waals surface area contributed by atoms with Crippen LogP contribution in [-0.4, -0.2) is 31.4 Å². The number of aromatic carboxylic acids is 1. The van der Waals surface area contributed by atoms with Crippen molar-refractivity contribution in [2.75, 3.05) is 0 Å². The van der Waals surface area contributed by atoms with Crippen molar-refractivity contribution in [2.45, 2.75) is 20.4 Å². The Morgan fingerprint density at radius 1 is 0.963 bits per heavy atom. The third kappa shape index (κ3) is 2.57. The van der Waals surface area contributed by atoms with Crippen molar-refractivity contribution in [1.29, 1.82) is 0 Å². The average molecular weight is 359 g/mol. The van der Waals surface area contributed by atoms with Gasteiger partial charge >= 0.3 is 5.97 Å². The zero-order valence-electron chi connectivity index (χ0n) is 14.9. The Labute approximate surface area is 155 Å². The van der Waals surface area contributed by atoms with Crippen molar-refractivity contribution in [1.82, 2.24) is 14.5 Å². The van der Waals surface area contributed by atoms with Gasteiger partial charge in [-0.2, -0.15) is 0 Å². The van der Waals surface area contributed by atoms with Crippen molar-refractivity contribution in [3.05, 3.63) is 71.2 Å². The second-order valence-corrected chi connectivity index (χ2v) is 6.27. The lowest BCUT2D eigenvalue weighted by Gasteiger charge is -2.07. The van der Waals surface area contributed by atoms with Crippen LogP contribution in [0.2, 0.25) is 0 Å². The van der Waals surface area contributed by atoms with Gasteiger partial charge in [-0.3, -0.25) is 4.79 Å². The van der Waals surface area contributed by atoms with Gasteiger partial charge in [0, 0.05) is 23.1 Å². The third-order valence-electron chi connectivity index (χ3n) is 4.76. The minimum Gasteiger partial charge on any atom is -0.476 e. The summed E-state index contributed by atoms with van der Waals surface area (Å²) in [5.41, 5.74) is 2.66. The SMILES string of the molecule is CCn1c(C)c(C(=O)c2nc3ccccc3nc2C(=O)O)c2ccccc21. The van der Waals surface area contributed by atoms with Crippen LogP contribution in [-0.2, 0) is 6.54 Å². The zero-order chi connectivity index (χ0) is 19.1. The number of carboxylic acid groups (broad SMARTS) is 1. The molecule has 0 bridgehead atoms. The van der Waals surface area contributed by atoms with E-state index in [9.17, 15) is 14.7 Å². The normalized spacial score (nSPS) is 11.2. The van der Waals surface area contributed by atoms with E-state index in [1.807, 2.05) is 42.7 Å². The van der Waals surface area contributed by atoms with E-state index in [0.29, 0.717) is 23.1 Å². The van der Waals surface area contributed by atoms with E-state index in [1.54, 1.807) is 24.3 Å². The second kappa shape index (κ2) is 6.32. The molecule has 0 saturated heterocycles. The fourth-order valence-corrected chi connectivity index (χ4v) is 3.55. The van der Waals surface area contributed by atoms with E-state index in [1.165, 1.54) is 0 Å². The van der Waals surface area contributed by atoms with Gasteiger partial charge in [0.05, 0.1) is 16.6 Å². The van der Waals surface area contributed by atoms with Crippen LogP contribution in [0.3, 0.4) is 0 Å². The predicted molar refractivity (Wildman–Crippen MR) is 102 cm³/mol. The first kappa shape index (κ1) is 16.9. The molecule has 4 rings (SSSR count). The summed E-state index contributed by atoms with van der Waals surface area (Å²) in [6.07, 6.45) is 0. The van der Waals surface area contributed by atoms with Gasteiger partial charge in [0.2, 0.25) is 5.78 Å². The van der Waals surface area contributed by atoms with Crippen LogP contribution in [0.4, 0.5) is 0 Å². The number of para-hydroxylation sites is 3. The molecule has 6 heteroatoms. The first-order valence-corrected chi connectivity index (χ1v) is 8.65. The lowest BCUT2D eigenvalue weighted by Crippen LogP contribution is -2.15. The number of aryl methyl sites for hydroxylation is 1. The molecule has 4 aromatic rings. The molecule has 6 nitrogen and oxygen atoms in total. The molecule has 1 N–H and O–H groups in total. The first-order chi connectivity index (χ1) is 13.0. The maximum Gasteiger partial charge on any atom is 0.356 e. The number of fused-ring (bicyclic) bond motifs is 2. The van der Waals surface area contributed by atoms with Crippen LogP contribution in [0, 0.1) is 6.92 Å². The van der Waals surface area contributed by atoms with Crippen LogP contribution < -0.4 is 0 Å². The van der Waals surface area contributed by atoms with E-state index < -0.39 is 11.8 Å². The Morgan fingerprint density at radius 3 is 2.19 bits per heavy atom. The maximum absolute atomic E-state index is 13.4. The van der Waals surface area contributed by atoms with Crippen LogP contribution in [0.1, 0.15) is 39.2 Å². The molecule has 27 heavy (non-hydrogen) atoms. The van der Waals surface area contributed by atoms with E-state index in [-0.39, 0.29) is 11.4 Å². The van der Waals surface area contributed by atoms with Crippen LogP contribution in [0.25, 0.3) is 21.9 Å². The molecule has 0 fully saturated rings. The molecule has 134 valence electrons. The molecule has 2 heterocycles. The van der Waals surface area contributed by atoms with E-state index in [0.717, 1.165) is 16.6 Å². The molecule has 0 unspecified atom stereocenters. The summed E-state index contributed by atoms with van der Waals surface area (Å²) in [4.78, 5) is 33.7. The van der Waals surface area contributed by atoms with Gasteiger partial charge in [-0.05, 0) is 32.0 Å². The van der Waals surface area contributed by atoms with Gasteiger partial charge in [0.1, 0.15) is 5.69 Å². The lowest BCUT2D eigenvalue weighted by atomic mass is 10.0.